The topological polar surface area (TPSA) is 3.24 Å². The first-order valence-corrected chi connectivity index (χ1v) is 8.51. The number of rotatable bonds is 3. The molecule has 0 spiro atoms. The molecule has 0 saturated carbocycles. The van der Waals surface area contributed by atoms with Crippen LogP contribution in [-0.4, -0.2) is 7.05 Å². The van der Waals surface area contributed by atoms with Crippen molar-refractivity contribution in [3.8, 4) is 0 Å². The maximum atomic E-state index is 2.32. The van der Waals surface area contributed by atoms with E-state index in [2.05, 4.69) is 96.9 Å². The van der Waals surface area contributed by atoms with Gasteiger partial charge < -0.3 is 4.90 Å². The van der Waals surface area contributed by atoms with Crippen LogP contribution < -0.4 is 4.90 Å². The molecule has 3 aromatic rings. The molecule has 0 atom stereocenters. The van der Waals surface area contributed by atoms with Gasteiger partial charge in [0, 0.05) is 23.8 Å². The third-order valence-electron chi connectivity index (χ3n) is 4.71. The van der Waals surface area contributed by atoms with Gasteiger partial charge >= 0.3 is 0 Å². The summed E-state index contributed by atoms with van der Waals surface area (Å²) in [4.78, 5) is 2.26. The Bertz CT molecular complexity index is 911. The molecular formula is C23H21N. The molecule has 118 valence electrons. The fraction of sp³-hybridized carbons (Fsp3) is 0.130. The molecule has 3 aromatic carbocycles. The maximum Gasteiger partial charge on any atom is 0.0487 e. The van der Waals surface area contributed by atoms with E-state index in [0.717, 1.165) is 12.8 Å². The highest BCUT2D eigenvalue weighted by Crippen LogP contribution is 2.32. The molecule has 0 aromatic heterocycles. The zero-order valence-electron chi connectivity index (χ0n) is 13.9. The molecule has 4 rings (SSSR count). The fourth-order valence-electron chi connectivity index (χ4n) is 3.34. The normalized spacial score (nSPS) is 13.8. The molecule has 0 amide bonds. The van der Waals surface area contributed by atoms with Crippen molar-refractivity contribution in [2.45, 2.75) is 12.8 Å². The van der Waals surface area contributed by atoms with Crippen molar-refractivity contribution in [2.24, 2.45) is 0 Å². The van der Waals surface area contributed by atoms with Gasteiger partial charge in [-0.3, -0.25) is 0 Å². The van der Waals surface area contributed by atoms with Crippen LogP contribution in [0.3, 0.4) is 0 Å². The number of allylic oxidation sites excluding steroid dienone is 4. The highest BCUT2D eigenvalue weighted by Gasteiger charge is 2.08. The van der Waals surface area contributed by atoms with E-state index < -0.39 is 0 Å². The molecule has 0 radical (unpaired) electrons. The molecule has 0 N–H and O–H groups in total. The third kappa shape index (κ3) is 2.74. The number of hydrogen-bond acceptors (Lipinski definition) is 1. The Hall–Kier alpha value is -2.80. The molecule has 0 saturated heterocycles. The zero-order chi connectivity index (χ0) is 16.4. The SMILES string of the molecule is CN(c1ccc(C2=CCCC=C2)cc1)c1cccc2ccccc12. The van der Waals surface area contributed by atoms with E-state index in [0.29, 0.717) is 0 Å². The zero-order valence-corrected chi connectivity index (χ0v) is 13.9. The van der Waals surface area contributed by atoms with Gasteiger partial charge in [-0.25, -0.2) is 0 Å². The molecule has 0 heterocycles. The first-order chi connectivity index (χ1) is 11.8. The number of nitrogens with zero attached hydrogens (tertiary/aromatic N) is 1. The molecule has 0 fully saturated rings. The van der Waals surface area contributed by atoms with Crippen LogP contribution in [0, 0.1) is 0 Å². The third-order valence-corrected chi connectivity index (χ3v) is 4.71. The Morgan fingerprint density at radius 1 is 0.792 bits per heavy atom. The number of anilines is 2. The van der Waals surface area contributed by atoms with E-state index in [1.807, 2.05) is 0 Å². The van der Waals surface area contributed by atoms with Gasteiger partial charge in [-0.05, 0) is 47.6 Å². The standard InChI is InChI=1S/C23H21N/c1-24(23-13-7-11-20-10-5-6-12-22(20)23)21-16-14-19(15-17-21)18-8-3-2-4-9-18/h3,5-17H,2,4H2,1H3. The highest BCUT2D eigenvalue weighted by molar-refractivity contribution is 5.96. The Kier molecular flexibility index (Phi) is 3.92. The van der Waals surface area contributed by atoms with Gasteiger partial charge in [-0.1, -0.05) is 66.8 Å². The predicted octanol–water partition coefficient (Wildman–Crippen LogP) is 6.34. The molecule has 0 aliphatic heterocycles. The Morgan fingerprint density at radius 3 is 2.38 bits per heavy atom. The number of benzene rings is 3. The average molecular weight is 311 g/mol. The molecule has 1 nitrogen and oxygen atoms in total. The first-order valence-electron chi connectivity index (χ1n) is 8.51. The summed E-state index contributed by atoms with van der Waals surface area (Å²) in [5.74, 6) is 0. The monoisotopic (exact) mass is 311 g/mol. The first kappa shape index (κ1) is 14.8. The van der Waals surface area contributed by atoms with Crippen molar-refractivity contribution in [3.05, 3.63) is 90.5 Å². The molecule has 1 aliphatic carbocycles. The molecule has 24 heavy (non-hydrogen) atoms. The lowest BCUT2D eigenvalue weighted by Gasteiger charge is -2.22. The molecular weight excluding hydrogens is 290 g/mol. The van der Waals surface area contributed by atoms with Crippen molar-refractivity contribution in [1.29, 1.82) is 0 Å². The average Bonchev–Trinajstić information content (AvgIpc) is 2.68. The minimum Gasteiger partial charge on any atom is -0.344 e. The van der Waals surface area contributed by atoms with Gasteiger partial charge in [0.25, 0.3) is 0 Å². The summed E-state index contributed by atoms with van der Waals surface area (Å²) in [6.07, 6.45) is 9.11. The summed E-state index contributed by atoms with van der Waals surface area (Å²) < 4.78 is 0. The van der Waals surface area contributed by atoms with Crippen molar-refractivity contribution in [1.82, 2.24) is 0 Å². The van der Waals surface area contributed by atoms with Gasteiger partial charge in [0.15, 0.2) is 0 Å². The van der Waals surface area contributed by atoms with Crippen molar-refractivity contribution < 1.29 is 0 Å². The number of hydrogen-bond donors (Lipinski definition) is 0. The van der Waals surface area contributed by atoms with Gasteiger partial charge in [0.05, 0.1) is 0 Å². The minimum atomic E-state index is 1.14. The lowest BCUT2D eigenvalue weighted by molar-refractivity contribution is 1.04. The van der Waals surface area contributed by atoms with Crippen molar-refractivity contribution in [2.75, 3.05) is 11.9 Å². The molecule has 1 heteroatoms. The van der Waals surface area contributed by atoms with E-state index in [4.69, 9.17) is 0 Å². The van der Waals surface area contributed by atoms with E-state index >= 15 is 0 Å². The van der Waals surface area contributed by atoms with E-state index in [1.54, 1.807) is 0 Å². The second kappa shape index (κ2) is 6.37. The van der Waals surface area contributed by atoms with Crippen LogP contribution in [0.1, 0.15) is 18.4 Å². The van der Waals surface area contributed by atoms with Crippen LogP contribution in [0.25, 0.3) is 16.3 Å². The quantitative estimate of drug-likeness (QED) is 0.545. The largest absolute Gasteiger partial charge is 0.344 e. The van der Waals surface area contributed by atoms with Gasteiger partial charge in [0.1, 0.15) is 0 Å². The van der Waals surface area contributed by atoms with Crippen LogP contribution in [0.15, 0.2) is 85.0 Å². The Morgan fingerprint density at radius 2 is 1.58 bits per heavy atom. The summed E-state index contributed by atoms with van der Waals surface area (Å²) in [5, 5.41) is 2.56. The predicted molar refractivity (Wildman–Crippen MR) is 105 cm³/mol. The second-order valence-electron chi connectivity index (χ2n) is 6.24. The van der Waals surface area contributed by atoms with Crippen LogP contribution in [0.4, 0.5) is 11.4 Å². The maximum absolute atomic E-state index is 2.32. The minimum absolute atomic E-state index is 1.14. The second-order valence-corrected chi connectivity index (χ2v) is 6.24. The Labute approximate surface area is 143 Å². The molecule has 0 unspecified atom stereocenters. The smallest absolute Gasteiger partial charge is 0.0487 e. The Balaban J connectivity index is 1.68. The summed E-state index contributed by atoms with van der Waals surface area (Å²) in [5.41, 5.74) is 5.06. The molecule has 1 aliphatic rings. The molecule has 0 bridgehead atoms. The highest BCUT2D eigenvalue weighted by atomic mass is 15.1. The fourth-order valence-corrected chi connectivity index (χ4v) is 3.34. The van der Waals surface area contributed by atoms with E-state index in [9.17, 15) is 0 Å². The van der Waals surface area contributed by atoms with Gasteiger partial charge in [0.2, 0.25) is 0 Å². The van der Waals surface area contributed by atoms with Crippen LogP contribution >= 0.6 is 0 Å². The van der Waals surface area contributed by atoms with Gasteiger partial charge in [-0.2, -0.15) is 0 Å². The summed E-state index contributed by atoms with van der Waals surface area (Å²) in [6.45, 7) is 0. The van der Waals surface area contributed by atoms with Crippen molar-refractivity contribution >= 4 is 27.7 Å². The van der Waals surface area contributed by atoms with E-state index in [-0.39, 0.29) is 0 Å². The van der Waals surface area contributed by atoms with Crippen LogP contribution in [-0.2, 0) is 0 Å². The summed E-state index contributed by atoms with van der Waals surface area (Å²) >= 11 is 0. The van der Waals surface area contributed by atoms with Gasteiger partial charge in [-0.15, -0.1) is 0 Å². The summed E-state index contributed by atoms with van der Waals surface area (Å²) in [7, 11) is 2.14. The number of fused-ring (bicyclic) bond motifs is 1. The lowest BCUT2D eigenvalue weighted by Crippen LogP contribution is -2.09. The van der Waals surface area contributed by atoms with Crippen molar-refractivity contribution in [3.63, 3.8) is 0 Å². The summed E-state index contributed by atoms with van der Waals surface area (Å²) in [6, 6.07) is 23.9. The van der Waals surface area contributed by atoms with E-state index in [1.165, 1.54) is 33.3 Å². The van der Waals surface area contributed by atoms with Crippen LogP contribution in [0.2, 0.25) is 0 Å². The lowest BCUT2D eigenvalue weighted by atomic mass is 9.99. The van der Waals surface area contributed by atoms with Crippen LogP contribution in [0.5, 0.6) is 0 Å².